The zero-order valence-corrected chi connectivity index (χ0v) is 16.3. The Morgan fingerprint density at radius 3 is 2.88 bits per heavy atom. The summed E-state index contributed by atoms with van der Waals surface area (Å²) < 4.78 is 1.80. The highest BCUT2D eigenvalue weighted by molar-refractivity contribution is 7.20. The molecule has 2 aromatic heterocycles. The van der Waals surface area contributed by atoms with Crippen LogP contribution in [0.2, 0.25) is 0 Å². The molecule has 138 valence electrons. The van der Waals surface area contributed by atoms with Gasteiger partial charge >= 0.3 is 0 Å². The summed E-state index contributed by atoms with van der Waals surface area (Å²) in [7, 11) is 0. The van der Waals surface area contributed by atoms with Crippen molar-refractivity contribution in [2.45, 2.75) is 58.5 Å². The van der Waals surface area contributed by atoms with E-state index in [1.165, 1.54) is 11.3 Å². The molecule has 1 aliphatic heterocycles. The molecule has 0 spiro atoms. The Morgan fingerprint density at radius 2 is 2.16 bits per heavy atom. The maximum Gasteiger partial charge on any atom is 0.262 e. The molecule has 0 aromatic carbocycles. The molecule has 0 saturated heterocycles. The van der Waals surface area contributed by atoms with Crippen LogP contribution in [0.5, 0.6) is 0 Å². The fraction of sp³-hybridized carbons (Fsp3) is 0.588. The Hall–Kier alpha value is -1.44. The molecule has 3 rings (SSSR count). The summed E-state index contributed by atoms with van der Waals surface area (Å²) in [6, 6.07) is 0.0516. The number of halogens is 1. The Balaban J connectivity index is 0.00000225. The van der Waals surface area contributed by atoms with Crippen molar-refractivity contribution in [1.29, 1.82) is 0 Å². The molecule has 0 saturated carbocycles. The number of amides is 1. The number of nitrogens with one attached hydrogen (secondary N) is 1. The number of hydrogen-bond donors (Lipinski definition) is 2. The highest BCUT2D eigenvalue weighted by Gasteiger charge is 2.22. The van der Waals surface area contributed by atoms with Crippen LogP contribution in [0.4, 0.5) is 0 Å². The van der Waals surface area contributed by atoms with E-state index >= 15 is 0 Å². The van der Waals surface area contributed by atoms with Gasteiger partial charge in [0.2, 0.25) is 0 Å². The van der Waals surface area contributed by atoms with Crippen molar-refractivity contribution < 1.29 is 4.79 Å². The zero-order valence-electron chi connectivity index (χ0n) is 14.6. The van der Waals surface area contributed by atoms with Gasteiger partial charge in [-0.2, -0.15) is 0 Å². The number of nitrogens with two attached hydrogens (primary N) is 1. The van der Waals surface area contributed by atoms with Crippen LogP contribution in [0.15, 0.2) is 4.79 Å². The number of carbonyl (C=O) groups excluding carboxylic acids is 1. The molecule has 0 bridgehead atoms. The summed E-state index contributed by atoms with van der Waals surface area (Å²) in [5.41, 5.74) is 6.45. The standard InChI is InChI=1S/C17H24N4O2S.ClH/c1-10(18)7-8-19-15(22)14-11(2)13-16(24-14)20-12-6-4-3-5-9-21(12)17(13)23;/h10H,3-9,18H2,1-2H3,(H,19,22);1H. The van der Waals surface area contributed by atoms with Crippen LogP contribution in [0, 0.1) is 6.92 Å². The highest BCUT2D eigenvalue weighted by Crippen LogP contribution is 2.28. The predicted molar refractivity (Wildman–Crippen MR) is 104 cm³/mol. The summed E-state index contributed by atoms with van der Waals surface area (Å²) in [5.74, 6) is 0.714. The summed E-state index contributed by atoms with van der Waals surface area (Å²) in [6.45, 7) is 5.01. The van der Waals surface area contributed by atoms with E-state index < -0.39 is 0 Å². The lowest BCUT2D eigenvalue weighted by atomic mass is 10.2. The molecule has 3 heterocycles. The number of nitrogens with zero attached hydrogens (tertiary/aromatic N) is 2. The second-order valence-electron chi connectivity index (χ2n) is 6.55. The molecule has 2 aromatic rings. The first-order valence-electron chi connectivity index (χ1n) is 8.55. The van der Waals surface area contributed by atoms with Gasteiger partial charge in [0, 0.05) is 25.6 Å². The first-order chi connectivity index (χ1) is 11.5. The van der Waals surface area contributed by atoms with Gasteiger partial charge in [-0.25, -0.2) is 4.98 Å². The maximum atomic E-state index is 12.9. The Kier molecular flexibility index (Phi) is 6.59. The minimum absolute atomic E-state index is 0. The van der Waals surface area contributed by atoms with E-state index in [4.69, 9.17) is 10.7 Å². The number of thiophene rings is 1. The van der Waals surface area contributed by atoms with E-state index in [-0.39, 0.29) is 29.9 Å². The minimum Gasteiger partial charge on any atom is -0.351 e. The zero-order chi connectivity index (χ0) is 17.3. The Morgan fingerprint density at radius 1 is 1.40 bits per heavy atom. The number of aromatic nitrogens is 2. The van der Waals surface area contributed by atoms with Gasteiger partial charge in [0.15, 0.2) is 0 Å². The van der Waals surface area contributed by atoms with Gasteiger partial charge < -0.3 is 11.1 Å². The number of fused-ring (bicyclic) bond motifs is 2. The van der Waals surface area contributed by atoms with Crippen molar-refractivity contribution >= 4 is 39.9 Å². The number of rotatable bonds is 4. The van der Waals surface area contributed by atoms with Crippen LogP contribution < -0.4 is 16.6 Å². The van der Waals surface area contributed by atoms with Gasteiger partial charge in [0.25, 0.3) is 11.5 Å². The van der Waals surface area contributed by atoms with Crippen molar-refractivity contribution in [2.24, 2.45) is 5.73 Å². The van der Waals surface area contributed by atoms with Crippen LogP contribution in [0.25, 0.3) is 10.2 Å². The van der Waals surface area contributed by atoms with Gasteiger partial charge in [-0.1, -0.05) is 6.42 Å². The smallest absolute Gasteiger partial charge is 0.262 e. The second-order valence-corrected chi connectivity index (χ2v) is 7.55. The summed E-state index contributed by atoms with van der Waals surface area (Å²) >= 11 is 1.32. The molecule has 0 radical (unpaired) electrons. The van der Waals surface area contributed by atoms with Crippen LogP contribution in [0.3, 0.4) is 0 Å². The highest BCUT2D eigenvalue weighted by atomic mass is 35.5. The van der Waals surface area contributed by atoms with E-state index in [9.17, 15) is 9.59 Å². The van der Waals surface area contributed by atoms with Crippen LogP contribution in [-0.2, 0) is 13.0 Å². The monoisotopic (exact) mass is 384 g/mol. The Labute approximate surface area is 157 Å². The van der Waals surface area contributed by atoms with E-state index in [0.717, 1.165) is 50.0 Å². The molecule has 25 heavy (non-hydrogen) atoms. The topological polar surface area (TPSA) is 90.0 Å². The third-order valence-corrected chi connectivity index (χ3v) is 5.69. The van der Waals surface area contributed by atoms with Crippen LogP contribution in [0.1, 0.15) is 53.7 Å². The van der Waals surface area contributed by atoms with Gasteiger partial charge in [-0.3, -0.25) is 14.2 Å². The fourth-order valence-corrected chi connectivity index (χ4v) is 4.23. The summed E-state index contributed by atoms with van der Waals surface area (Å²) in [4.78, 5) is 31.3. The summed E-state index contributed by atoms with van der Waals surface area (Å²) in [5, 5.41) is 3.49. The molecule has 0 aliphatic carbocycles. The molecule has 1 amide bonds. The Bertz CT molecular complexity index is 828. The molecular weight excluding hydrogens is 360 g/mol. The van der Waals surface area contributed by atoms with Crippen LogP contribution >= 0.6 is 23.7 Å². The first-order valence-corrected chi connectivity index (χ1v) is 9.37. The third kappa shape index (κ3) is 4.04. The lowest BCUT2D eigenvalue weighted by molar-refractivity contribution is 0.0956. The lowest BCUT2D eigenvalue weighted by Gasteiger charge is -2.08. The van der Waals surface area contributed by atoms with E-state index in [0.29, 0.717) is 21.6 Å². The predicted octanol–water partition coefficient (Wildman–Crippen LogP) is 2.38. The first kappa shape index (κ1) is 19.9. The average Bonchev–Trinajstić information content (AvgIpc) is 2.70. The van der Waals surface area contributed by atoms with Crippen molar-refractivity contribution in [3.05, 3.63) is 26.6 Å². The lowest BCUT2D eigenvalue weighted by Crippen LogP contribution is -2.29. The molecular formula is C17H25ClN4O2S. The fourth-order valence-electron chi connectivity index (χ4n) is 3.12. The molecule has 1 aliphatic rings. The molecule has 6 nitrogen and oxygen atoms in total. The van der Waals surface area contributed by atoms with Crippen LogP contribution in [-0.4, -0.2) is 28.0 Å². The summed E-state index contributed by atoms with van der Waals surface area (Å²) in [6.07, 6.45) is 4.76. The van der Waals surface area contributed by atoms with Crippen molar-refractivity contribution in [2.75, 3.05) is 6.54 Å². The van der Waals surface area contributed by atoms with Crippen molar-refractivity contribution in [3.8, 4) is 0 Å². The van der Waals surface area contributed by atoms with Crippen molar-refractivity contribution in [3.63, 3.8) is 0 Å². The SMILES string of the molecule is Cc1c(C(=O)NCCC(C)N)sc2nc3n(c(=O)c12)CCCCC3.Cl. The van der Waals surface area contributed by atoms with Gasteiger partial charge in [0.1, 0.15) is 10.7 Å². The van der Waals surface area contributed by atoms with E-state index in [1.807, 2.05) is 13.8 Å². The van der Waals surface area contributed by atoms with Gasteiger partial charge in [0.05, 0.1) is 10.3 Å². The van der Waals surface area contributed by atoms with Gasteiger partial charge in [-0.15, -0.1) is 23.7 Å². The van der Waals surface area contributed by atoms with Crippen molar-refractivity contribution in [1.82, 2.24) is 14.9 Å². The average molecular weight is 385 g/mol. The second kappa shape index (κ2) is 8.29. The van der Waals surface area contributed by atoms with Gasteiger partial charge in [-0.05, 0) is 38.7 Å². The molecule has 3 N–H and O–H groups in total. The normalized spacial score (nSPS) is 15.2. The van der Waals surface area contributed by atoms with E-state index in [1.54, 1.807) is 4.57 Å². The third-order valence-electron chi connectivity index (χ3n) is 4.50. The van der Waals surface area contributed by atoms with E-state index in [2.05, 4.69) is 5.32 Å². The number of hydrogen-bond acceptors (Lipinski definition) is 5. The molecule has 1 atom stereocenters. The molecule has 0 fully saturated rings. The number of carbonyl (C=O) groups is 1. The molecule has 1 unspecified atom stereocenters. The minimum atomic E-state index is -0.143. The number of aryl methyl sites for hydroxylation is 2. The largest absolute Gasteiger partial charge is 0.351 e. The molecule has 8 heteroatoms. The maximum absolute atomic E-state index is 12.9. The quantitative estimate of drug-likeness (QED) is 0.846.